The standard InChI is InChI=1S/C14H13NO3/c16-8-5-6-10-12(7-8)15-11-4-2-1-3-9(11)13(10)14(17)18/h5-7,16H,1-4H2,(H,17,18). The van der Waals surface area contributed by atoms with Crippen LogP contribution in [-0.4, -0.2) is 21.2 Å². The second-order valence-electron chi connectivity index (χ2n) is 4.63. The zero-order valence-corrected chi connectivity index (χ0v) is 9.81. The predicted octanol–water partition coefficient (Wildman–Crippen LogP) is 2.52. The number of carbonyl (C=O) groups is 1. The van der Waals surface area contributed by atoms with Crippen LogP contribution in [0.3, 0.4) is 0 Å². The Hall–Kier alpha value is -2.10. The summed E-state index contributed by atoms with van der Waals surface area (Å²) in [6.45, 7) is 0. The van der Waals surface area contributed by atoms with Crippen molar-refractivity contribution in [3.05, 3.63) is 35.0 Å². The lowest BCUT2D eigenvalue weighted by Gasteiger charge is -2.18. The number of benzene rings is 1. The minimum Gasteiger partial charge on any atom is -0.508 e. The van der Waals surface area contributed by atoms with Gasteiger partial charge >= 0.3 is 5.97 Å². The first kappa shape index (κ1) is 11.0. The maximum Gasteiger partial charge on any atom is 0.336 e. The highest BCUT2D eigenvalue weighted by Gasteiger charge is 2.22. The summed E-state index contributed by atoms with van der Waals surface area (Å²) in [6.07, 6.45) is 3.66. The van der Waals surface area contributed by atoms with E-state index in [1.165, 1.54) is 12.1 Å². The number of carboxylic acid groups (broad SMARTS) is 1. The number of phenolic OH excluding ortho intramolecular Hbond substituents is 1. The number of aromatic nitrogens is 1. The molecule has 18 heavy (non-hydrogen) atoms. The summed E-state index contributed by atoms with van der Waals surface area (Å²) in [5.74, 6) is -0.798. The molecule has 4 heteroatoms. The molecule has 0 bridgehead atoms. The molecule has 1 heterocycles. The number of rotatable bonds is 1. The summed E-state index contributed by atoms with van der Waals surface area (Å²) in [4.78, 5) is 16.0. The van der Waals surface area contributed by atoms with Crippen LogP contribution >= 0.6 is 0 Å². The molecule has 0 fully saturated rings. The summed E-state index contributed by atoms with van der Waals surface area (Å²) in [6, 6.07) is 4.67. The van der Waals surface area contributed by atoms with Crippen molar-refractivity contribution in [2.75, 3.05) is 0 Å². The van der Waals surface area contributed by atoms with E-state index < -0.39 is 5.97 Å². The van der Waals surface area contributed by atoms with E-state index in [0.717, 1.165) is 36.9 Å². The van der Waals surface area contributed by atoms with Gasteiger partial charge in [-0.3, -0.25) is 4.98 Å². The third kappa shape index (κ3) is 1.61. The lowest BCUT2D eigenvalue weighted by atomic mass is 9.90. The van der Waals surface area contributed by atoms with Crippen molar-refractivity contribution >= 4 is 16.9 Å². The van der Waals surface area contributed by atoms with Gasteiger partial charge in [0.1, 0.15) is 5.75 Å². The second-order valence-corrected chi connectivity index (χ2v) is 4.63. The lowest BCUT2D eigenvalue weighted by Crippen LogP contribution is -2.13. The number of fused-ring (bicyclic) bond motifs is 2. The van der Waals surface area contributed by atoms with Gasteiger partial charge in [-0.15, -0.1) is 0 Å². The number of carboxylic acids is 1. The number of aromatic carboxylic acids is 1. The van der Waals surface area contributed by atoms with Gasteiger partial charge in [0.25, 0.3) is 0 Å². The number of aryl methyl sites for hydroxylation is 1. The molecule has 1 aliphatic rings. The zero-order chi connectivity index (χ0) is 12.7. The van der Waals surface area contributed by atoms with E-state index in [0.29, 0.717) is 16.5 Å². The molecule has 0 saturated carbocycles. The van der Waals surface area contributed by atoms with Crippen molar-refractivity contribution in [1.82, 2.24) is 4.98 Å². The molecule has 2 N–H and O–H groups in total. The highest BCUT2D eigenvalue weighted by molar-refractivity contribution is 6.04. The highest BCUT2D eigenvalue weighted by Crippen LogP contribution is 2.30. The van der Waals surface area contributed by atoms with Gasteiger partial charge in [0.2, 0.25) is 0 Å². The van der Waals surface area contributed by atoms with E-state index in [1.807, 2.05) is 0 Å². The highest BCUT2D eigenvalue weighted by atomic mass is 16.4. The normalized spacial score (nSPS) is 14.4. The van der Waals surface area contributed by atoms with Gasteiger partial charge < -0.3 is 10.2 Å². The first-order valence-corrected chi connectivity index (χ1v) is 6.04. The van der Waals surface area contributed by atoms with Crippen LogP contribution in [0, 0.1) is 0 Å². The van der Waals surface area contributed by atoms with Crippen LogP contribution in [0.1, 0.15) is 34.5 Å². The van der Waals surface area contributed by atoms with E-state index in [1.54, 1.807) is 6.07 Å². The Balaban J connectivity index is 2.40. The van der Waals surface area contributed by atoms with E-state index in [2.05, 4.69) is 4.98 Å². The summed E-state index contributed by atoms with van der Waals surface area (Å²) < 4.78 is 0. The number of nitrogens with zero attached hydrogens (tertiary/aromatic N) is 1. The fourth-order valence-electron chi connectivity index (χ4n) is 2.66. The average Bonchev–Trinajstić information content (AvgIpc) is 2.35. The first-order valence-electron chi connectivity index (χ1n) is 6.04. The minimum atomic E-state index is -0.911. The van der Waals surface area contributed by atoms with Crippen molar-refractivity contribution in [1.29, 1.82) is 0 Å². The molecule has 2 aromatic rings. The quantitative estimate of drug-likeness (QED) is 0.807. The minimum absolute atomic E-state index is 0.113. The van der Waals surface area contributed by atoms with Crippen LogP contribution in [0.25, 0.3) is 10.9 Å². The Morgan fingerprint density at radius 1 is 1.22 bits per heavy atom. The van der Waals surface area contributed by atoms with Crippen LogP contribution in [0.2, 0.25) is 0 Å². The molecule has 0 unspecified atom stereocenters. The summed E-state index contributed by atoms with van der Waals surface area (Å²) in [5, 5.41) is 19.5. The number of hydrogen-bond acceptors (Lipinski definition) is 3. The molecule has 1 aliphatic carbocycles. The Bertz CT molecular complexity index is 649. The van der Waals surface area contributed by atoms with E-state index in [4.69, 9.17) is 0 Å². The molecule has 0 amide bonds. The molecule has 4 nitrogen and oxygen atoms in total. The third-order valence-electron chi connectivity index (χ3n) is 3.46. The monoisotopic (exact) mass is 243 g/mol. The molecule has 0 radical (unpaired) electrons. The van der Waals surface area contributed by atoms with Crippen molar-refractivity contribution in [3.8, 4) is 5.75 Å². The number of pyridine rings is 1. The summed E-state index contributed by atoms with van der Waals surface area (Å²) in [5.41, 5.74) is 2.66. The molecule has 0 aliphatic heterocycles. The molecule has 3 rings (SSSR count). The largest absolute Gasteiger partial charge is 0.508 e. The average molecular weight is 243 g/mol. The fourth-order valence-corrected chi connectivity index (χ4v) is 2.66. The number of phenols is 1. The Morgan fingerprint density at radius 3 is 2.78 bits per heavy atom. The summed E-state index contributed by atoms with van der Waals surface area (Å²) in [7, 11) is 0. The topological polar surface area (TPSA) is 70.4 Å². The van der Waals surface area contributed by atoms with Gasteiger partial charge in [-0.25, -0.2) is 4.79 Å². The van der Waals surface area contributed by atoms with Gasteiger partial charge in [-0.2, -0.15) is 0 Å². The Morgan fingerprint density at radius 2 is 2.00 bits per heavy atom. The molecule has 1 aromatic heterocycles. The predicted molar refractivity (Wildman–Crippen MR) is 67.0 cm³/mol. The Labute approximate surface area is 104 Å². The lowest BCUT2D eigenvalue weighted by molar-refractivity contribution is 0.0697. The molecule has 0 saturated heterocycles. The summed E-state index contributed by atoms with van der Waals surface area (Å²) >= 11 is 0. The smallest absolute Gasteiger partial charge is 0.336 e. The number of aromatic hydroxyl groups is 1. The van der Waals surface area contributed by atoms with Gasteiger partial charge in [0, 0.05) is 17.1 Å². The van der Waals surface area contributed by atoms with E-state index >= 15 is 0 Å². The van der Waals surface area contributed by atoms with Gasteiger partial charge in [-0.1, -0.05) is 0 Å². The first-order chi connectivity index (χ1) is 8.66. The van der Waals surface area contributed by atoms with Crippen molar-refractivity contribution in [3.63, 3.8) is 0 Å². The second kappa shape index (κ2) is 3.98. The van der Waals surface area contributed by atoms with Crippen molar-refractivity contribution < 1.29 is 15.0 Å². The Kier molecular flexibility index (Phi) is 2.44. The molecular formula is C14H13NO3. The molecule has 92 valence electrons. The molecule has 1 aromatic carbocycles. The van der Waals surface area contributed by atoms with Crippen LogP contribution in [0.5, 0.6) is 5.75 Å². The zero-order valence-electron chi connectivity index (χ0n) is 9.81. The van der Waals surface area contributed by atoms with Crippen LogP contribution in [-0.2, 0) is 12.8 Å². The fraction of sp³-hybridized carbons (Fsp3) is 0.286. The van der Waals surface area contributed by atoms with E-state index in [9.17, 15) is 15.0 Å². The van der Waals surface area contributed by atoms with Gasteiger partial charge in [-0.05, 0) is 43.4 Å². The SMILES string of the molecule is O=C(O)c1c2c(nc3cc(O)ccc13)CCCC2. The van der Waals surface area contributed by atoms with E-state index in [-0.39, 0.29) is 5.75 Å². The third-order valence-corrected chi connectivity index (χ3v) is 3.46. The number of hydrogen-bond donors (Lipinski definition) is 2. The maximum atomic E-state index is 11.5. The van der Waals surface area contributed by atoms with Crippen molar-refractivity contribution in [2.45, 2.75) is 25.7 Å². The van der Waals surface area contributed by atoms with Crippen LogP contribution in [0.15, 0.2) is 18.2 Å². The molecule has 0 atom stereocenters. The van der Waals surface area contributed by atoms with Crippen LogP contribution in [0.4, 0.5) is 0 Å². The molecule has 0 spiro atoms. The van der Waals surface area contributed by atoms with Crippen molar-refractivity contribution in [2.24, 2.45) is 0 Å². The van der Waals surface area contributed by atoms with Gasteiger partial charge in [0.05, 0.1) is 11.1 Å². The maximum absolute atomic E-state index is 11.5. The van der Waals surface area contributed by atoms with Gasteiger partial charge in [0.15, 0.2) is 0 Å². The van der Waals surface area contributed by atoms with Crippen LogP contribution < -0.4 is 0 Å². The molecular weight excluding hydrogens is 230 g/mol.